The van der Waals surface area contributed by atoms with Gasteiger partial charge in [0, 0.05) is 11.6 Å². The third kappa shape index (κ3) is 3.72. The first kappa shape index (κ1) is 12.4. The Balaban J connectivity index is 1.83. The van der Waals surface area contributed by atoms with Crippen molar-refractivity contribution in [3.8, 4) is 0 Å². The second-order valence-corrected chi connectivity index (χ2v) is 4.72. The molecular weight excluding hydrogens is 238 g/mol. The van der Waals surface area contributed by atoms with E-state index < -0.39 is 0 Å². The molecule has 1 fully saturated rings. The monoisotopic (exact) mass is 253 g/mol. The van der Waals surface area contributed by atoms with Crippen LogP contribution >= 0.6 is 11.6 Å². The Morgan fingerprint density at radius 3 is 3.12 bits per heavy atom. The molecule has 0 unspecified atom stereocenters. The Morgan fingerprint density at radius 2 is 2.41 bits per heavy atom. The molecule has 2 rings (SSSR count). The molecule has 1 heterocycles. The predicted octanol–water partition coefficient (Wildman–Crippen LogP) is 2.38. The lowest BCUT2D eigenvalue weighted by atomic mass is 10.0. The second-order valence-electron chi connectivity index (χ2n) is 4.28. The summed E-state index contributed by atoms with van der Waals surface area (Å²) < 4.78 is 5.28. The minimum absolute atomic E-state index is 0.00272. The topological polar surface area (TPSA) is 38.3 Å². The molecule has 0 saturated carbocycles. The number of halogens is 1. The molecule has 0 aliphatic carbocycles. The van der Waals surface area contributed by atoms with Gasteiger partial charge in [0.15, 0.2) is 0 Å². The van der Waals surface area contributed by atoms with Crippen LogP contribution in [0.1, 0.15) is 18.4 Å². The van der Waals surface area contributed by atoms with Gasteiger partial charge in [0.25, 0.3) is 0 Å². The van der Waals surface area contributed by atoms with Gasteiger partial charge in [-0.1, -0.05) is 23.7 Å². The molecular formula is C13H16ClNO2. The standard InChI is InChI=1S/C13H16ClNO2/c14-12-5-1-3-10(7-12)9-17-13(16)11-4-2-6-15-8-11/h1,3,5,7,11,15H,2,4,6,8-9H2/t11-/m1/s1. The molecule has 1 aliphatic rings. The van der Waals surface area contributed by atoms with E-state index in [-0.39, 0.29) is 11.9 Å². The molecule has 0 bridgehead atoms. The maximum Gasteiger partial charge on any atom is 0.310 e. The summed E-state index contributed by atoms with van der Waals surface area (Å²) in [7, 11) is 0. The average Bonchev–Trinajstić information content (AvgIpc) is 2.37. The second kappa shape index (κ2) is 6.03. The number of carbonyl (C=O) groups is 1. The number of ether oxygens (including phenoxy) is 1. The molecule has 0 radical (unpaired) electrons. The molecule has 92 valence electrons. The van der Waals surface area contributed by atoms with Crippen molar-refractivity contribution >= 4 is 17.6 Å². The van der Waals surface area contributed by atoms with Crippen LogP contribution in [0.25, 0.3) is 0 Å². The summed E-state index contributed by atoms with van der Waals surface area (Å²) in [5.74, 6) is -0.111. The molecule has 3 nitrogen and oxygen atoms in total. The SMILES string of the molecule is O=C(OCc1cccc(Cl)c1)[C@@H]1CCCNC1. The first-order valence-electron chi connectivity index (χ1n) is 5.87. The van der Waals surface area contributed by atoms with E-state index in [1.54, 1.807) is 6.07 Å². The molecule has 1 saturated heterocycles. The highest BCUT2D eigenvalue weighted by molar-refractivity contribution is 6.30. The summed E-state index contributed by atoms with van der Waals surface area (Å²) >= 11 is 5.86. The largest absolute Gasteiger partial charge is 0.461 e. The molecule has 1 atom stereocenters. The number of nitrogens with one attached hydrogen (secondary N) is 1. The Bertz CT molecular complexity index is 389. The summed E-state index contributed by atoms with van der Waals surface area (Å²) in [5.41, 5.74) is 0.926. The van der Waals surface area contributed by atoms with Crippen LogP contribution in [0.5, 0.6) is 0 Å². The molecule has 1 aromatic carbocycles. The zero-order valence-electron chi connectivity index (χ0n) is 9.62. The van der Waals surface area contributed by atoms with Crippen molar-refractivity contribution in [1.29, 1.82) is 0 Å². The Morgan fingerprint density at radius 1 is 1.53 bits per heavy atom. The van der Waals surface area contributed by atoms with Crippen LogP contribution in [0.15, 0.2) is 24.3 Å². The van der Waals surface area contributed by atoms with Gasteiger partial charge < -0.3 is 10.1 Å². The summed E-state index contributed by atoms with van der Waals surface area (Å²) in [5, 5.41) is 3.87. The summed E-state index contributed by atoms with van der Waals surface area (Å²) in [6.45, 7) is 2.03. The van der Waals surface area contributed by atoms with Crippen molar-refractivity contribution in [3.63, 3.8) is 0 Å². The fourth-order valence-electron chi connectivity index (χ4n) is 1.95. The van der Waals surface area contributed by atoms with Gasteiger partial charge in [-0.2, -0.15) is 0 Å². The first-order chi connectivity index (χ1) is 8.25. The third-order valence-electron chi connectivity index (χ3n) is 2.90. The van der Waals surface area contributed by atoms with E-state index >= 15 is 0 Å². The number of benzene rings is 1. The van der Waals surface area contributed by atoms with Crippen LogP contribution in [0.4, 0.5) is 0 Å². The molecule has 1 N–H and O–H groups in total. The van der Waals surface area contributed by atoms with Crippen LogP contribution in [-0.2, 0) is 16.1 Å². The molecule has 0 spiro atoms. The number of esters is 1. The van der Waals surface area contributed by atoms with Gasteiger partial charge in [-0.05, 0) is 37.1 Å². The van der Waals surface area contributed by atoms with Crippen molar-refractivity contribution in [1.82, 2.24) is 5.32 Å². The minimum atomic E-state index is -0.114. The lowest BCUT2D eigenvalue weighted by molar-refractivity contribution is -0.150. The predicted molar refractivity (Wildman–Crippen MR) is 66.8 cm³/mol. The van der Waals surface area contributed by atoms with Gasteiger partial charge in [0.2, 0.25) is 0 Å². The van der Waals surface area contributed by atoms with Gasteiger partial charge in [-0.25, -0.2) is 0 Å². The van der Waals surface area contributed by atoms with E-state index in [9.17, 15) is 4.79 Å². The fourth-order valence-corrected chi connectivity index (χ4v) is 2.16. The van der Waals surface area contributed by atoms with E-state index in [0.29, 0.717) is 11.6 Å². The summed E-state index contributed by atoms with van der Waals surface area (Å²) in [6.07, 6.45) is 1.96. The van der Waals surface area contributed by atoms with Crippen LogP contribution in [0.2, 0.25) is 5.02 Å². The summed E-state index contributed by atoms with van der Waals surface area (Å²) in [4.78, 5) is 11.8. The average molecular weight is 254 g/mol. The smallest absolute Gasteiger partial charge is 0.310 e. The first-order valence-corrected chi connectivity index (χ1v) is 6.25. The van der Waals surface area contributed by atoms with E-state index in [1.807, 2.05) is 18.2 Å². The van der Waals surface area contributed by atoms with Crippen LogP contribution in [0.3, 0.4) is 0 Å². The molecule has 4 heteroatoms. The van der Waals surface area contributed by atoms with Crippen LogP contribution in [0, 0.1) is 5.92 Å². The van der Waals surface area contributed by atoms with Gasteiger partial charge >= 0.3 is 5.97 Å². The van der Waals surface area contributed by atoms with E-state index in [1.165, 1.54) is 0 Å². The van der Waals surface area contributed by atoms with Gasteiger partial charge in [-0.15, -0.1) is 0 Å². The number of rotatable bonds is 3. The zero-order chi connectivity index (χ0) is 12.1. The van der Waals surface area contributed by atoms with E-state index in [4.69, 9.17) is 16.3 Å². The maximum absolute atomic E-state index is 11.8. The van der Waals surface area contributed by atoms with Crippen molar-refractivity contribution in [2.24, 2.45) is 5.92 Å². The minimum Gasteiger partial charge on any atom is -0.461 e. The number of hydrogen-bond acceptors (Lipinski definition) is 3. The highest BCUT2D eigenvalue weighted by Crippen LogP contribution is 2.15. The Labute approximate surface area is 106 Å². The van der Waals surface area contributed by atoms with Gasteiger partial charge in [0.05, 0.1) is 5.92 Å². The number of hydrogen-bond donors (Lipinski definition) is 1. The van der Waals surface area contributed by atoms with E-state index in [0.717, 1.165) is 31.5 Å². The highest BCUT2D eigenvalue weighted by atomic mass is 35.5. The van der Waals surface area contributed by atoms with Crippen molar-refractivity contribution in [2.45, 2.75) is 19.4 Å². The molecule has 17 heavy (non-hydrogen) atoms. The third-order valence-corrected chi connectivity index (χ3v) is 3.14. The zero-order valence-corrected chi connectivity index (χ0v) is 10.4. The molecule has 1 aliphatic heterocycles. The normalized spacial score (nSPS) is 19.9. The lowest BCUT2D eigenvalue weighted by Gasteiger charge is -2.21. The van der Waals surface area contributed by atoms with Crippen LogP contribution < -0.4 is 5.32 Å². The fraction of sp³-hybridized carbons (Fsp3) is 0.462. The molecule has 0 aromatic heterocycles. The van der Waals surface area contributed by atoms with Crippen molar-refractivity contribution in [2.75, 3.05) is 13.1 Å². The van der Waals surface area contributed by atoms with Crippen molar-refractivity contribution in [3.05, 3.63) is 34.9 Å². The Kier molecular flexibility index (Phi) is 4.40. The number of piperidine rings is 1. The van der Waals surface area contributed by atoms with Gasteiger partial charge in [0.1, 0.15) is 6.61 Å². The maximum atomic E-state index is 11.8. The highest BCUT2D eigenvalue weighted by Gasteiger charge is 2.22. The summed E-state index contributed by atoms with van der Waals surface area (Å²) in [6, 6.07) is 7.37. The quantitative estimate of drug-likeness (QED) is 0.841. The van der Waals surface area contributed by atoms with Crippen molar-refractivity contribution < 1.29 is 9.53 Å². The molecule has 0 amide bonds. The van der Waals surface area contributed by atoms with E-state index in [2.05, 4.69) is 5.32 Å². The lowest BCUT2D eigenvalue weighted by Crippen LogP contribution is -2.35. The Hall–Kier alpha value is -1.06. The van der Waals surface area contributed by atoms with Crippen LogP contribution in [-0.4, -0.2) is 19.1 Å². The number of carbonyl (C=O) groups excluding carboxylic acids is 1. The molecule has 1 aromatic rings. The van der Waals surface area contributed by atoms with Gasteiger partial charge in [-0.3, -0.25) is 4.79 Å².